The van der Waals surface area contributed by atoms with Gasteiger partial charge >= 0.3 is 5.97 Å². The Morgan fingerprint density at radius 2 is 1.65 bits per heavy atom. The maximum Gasteiger partial charge on any atom is 0.341 e. The molecular weight excluding hydrogens is 466 g/mol. The second kappa shape index (κ2) is 10.0. The van der Waals surface area contributed by atoms with Crippen LogP contribution in [0.2, 0.25) is 0 Å². The van der Waals surface area contributed by atoms with E-state index in [2.05, 4.69) is 10.0 Å². The predicted octanol–water partition coefficient (Wildman–Crippen LogP) is 4.57. The molecule has 0 aliphatic carbocycles. The fraction of sp³-hybridized carbons (Fsp3) is 0.167. The first-order valence-corrected chi connectivity index (χ1v) is 11.6. The van der Waals surface area contributed by atoms with Gasteiger partial charge in [0.15, 0.2) is 6.10 Å². The molecule has 0 saturated carbocycles. The number of carbonyl (C=O) groups is 2. The lowest BCUT2D eigenvalue weighted by atomic mass is 10.2. The van der Waals surface area contributed by atoms with Crippen molar-refractivity contribution < 1.29 is 31.5 Å². The average molecular weight is 489 g/mol. The highest BCUT2D eigenvalue weighted by Gasteiger charge is 2.24. The van der Waals surface area contributed by atoms with Gasteiger partial charge in [-0.15, -0.1) is 0 Å². The Labute approximate surface area is 195 Å². The van der Waals surface area contributed by atoms with Gasteiger partial charge in [0.05, 0.1) is 21.8 Å². The van der Waals surface area contributed by atoms with Gasteiger partial charge in [0.2, 0.25) is 0 Å². The zero-order chi connectivity index (χ0) is 25.0. The van der Waals surface area contributed by atoms with Crippen LogP contribution < -0.4 is 10.0 Å². The highest BCUT2D eigenvalue weighted by molar-refractivity contribution is 7.92. The Hall–Kier alpha value is -3.79. The Morgan fingerprint density at radius 1 is 0.941 bits per heavy atom. The zero-order valence-electron chi connectivity index (χ0n) is 18.6. The first-order valence-electron chi connectivity index (χ1n) is 10.1. The summed E-state index contributed by atoms with van der Waals surface area (Å²) >= 11 is 0. The van der Waals surface area contributed by atoms with Gasteiger partial charge in [-0.05, 0) is 62.2 Å². The number of carbonyl (C=O) groups excluding carboxylic acids is 2. The molecule has 0 aliphatic rings. The molecule has 3 rings (SSSR count). The van der Waals surface area contributed by atoms with Crippen LogP contribution in [0.5, 0.6) is 0 Å². The highest BCUT2D eigenvalue weighted by Crippen LogP contribution is 2.24. The van der Waals surface area contributed by atoms with E-state index in [1.807, 2.05) is 0 Å². The molecule has 0 fully saturated rings. The predicted molar refractivity (Wildman–Crippen MR) is 123 cm³/mol. The quantitative estimate of drug-likeness (QED) is 0.475. The number of anilines is 2. The Balaban J connectivity index is 1.77. The van der Waals surface area contributed by atoms with Gasteiger partial charge in [0.1, 0.15) is 11.6 Å². The molecular formula is C24H22F2N2O5S. The first-order chi connectivity index (χ1) is 16.0. The molecule has 0 aromatic heterocycles. The van der Waals surface area contributed by atoms with E-state index in [9.17, 15) is 26.8 Å². The molecule has 0 heterocycles. The topological polar surface area (TPSA) is 102 Å². The van der Waals surface area contributed by atoms with Gasteiger partial charge in [0, 0.05) is 6.07 Å². The number of sulfonamides is 1. The number of para-hydroxylation sites is 1. The smallest absolute Gasteiger partial charge is 0.341 e. The van der Waals surface area contributed by atoms with Gasteiger partial charge in [-0.2, -0.15) is 0 Å². The molecule has 1 atom stereocenters. The maximum atomic E-state index is 13.8. The maximum absolute atomic E-state index is 13.8. The van der Waals surface area contributed by atoms with Crippen LogP contribution in [-0.2, 0) is 19.6 Å². The molecule has 7 nitrogen and oxygen atoms in total. The minimum Gasteiger partial charge on any atom is -0.449 e. The summed E-state index contributed by atoms with van der Waals surface area (Å²) < 4.78 is 60.3. The highest BCUT2D eigenvalue weighted by atomic mass is 32.2. The van der Waals surface area contributed by atoms with Gasteiger partial charge in [-0.3, -0.25) is 9.52 Å². The normalized spacial score (nSPS) is 12.0. The number of aryl methyl sites for hydroxylation is 2. The van der Waals surface area contributed by atoms with E-state index in [4.69, 9.17) is 4.74 Å². The lowest BCUT2D eigenvalue weighted by Crippen LogP contribution is -2.30. The third-order valence-electron chi connectivity index (χ3n) is 4.87. The molecule has 10 heteroatoms. The molecule has 0 spiro atoms. The first kappa shape index (κ1) is 24.8. The van der Waals surface area contributed by atoms with E-state index in [0.717, 1.165) is 17.7 Å². The Bertz CT molecular complexity index is 1360. The standard InChI is InChI=1S/C24H22F2N2O5S/c1-14-8-9-15(2)22(12-14)34(31,32)28-20-7-5-4-6-18(20)24(30)33-16(3)23(29)27-21-11-10-17(25)13-19(21)26/h4-13,16,28H,1-3H3,(H,27,29). The van der Waals surface area contributed by atoms with Gasteiger partial charge in [-0.25, -0.2) is 22.0 Å². The van der Waals surface area contributed by atoms with Crippen LogP contribution in [0.25, 0.3) is 0 Å². The summed E-state index contributed by atoms with van der Waals surface area (Å²) in [5.41, 5.74) is 0.832. The average Bonchev–Trinajstić information content (AvgIpc) is 2.77. The zero-order valence-corrected chi connectivity index (χ0v) is 19.4. The number of ether oxygens (including phenoxy) is 1. The van der Waals surface area contributed by atoms with Crippen molar-refractivity contribution in [2.45, 2.75) is 31.8 Å². The van der Waals surface area contributed by atoms with Crippen LogP contribution >= 0.6 is 0 Å². The molecule has 0 bridgehead atoms. The molecule has 1 amide bonds. The van der Waals surface area contributed by atoms with Crippen LogP contribution in [0, 0.1) is 25.5 Å². The SMILES string of the molecule is Cc1ccc(C)c(S(=O)(=O)Nc2ccccc2C(=O)OC(C)C(=O)Nc2ccc(F)cc2F)c1. The fourth-order valence-corrected chi connectivity index (χ4v) is 4.46. The molecule has 178 valence electrons. The van der Waals surface area contributed by atoms with Crippen LogP contribution in [0.1, 0.15) is 28.4 Å². The summed E-state index contributed by atoms with van der Waals surface area (Å²) in [6.07, 6.45) is -1.36. The van der Waals surface area contributed by atoms with Crippen LogP contribution in [0.15, 0.2) is 65.6 Å². The van der Waals surface area contributed by atoms with Crippen LogP contribution in [-0.4, -0.2) is 26.4 Å². The van der Waals surface area contributed by atoms with Gasteiger partial charge in [-0.1, -0.05) is 24.3 Å². The van der Waals surface area contributed by atoms with Crippen molar-refractivity contribution in [3.63, 3.8) is 0 Å². The third-order valence-corrected chi connectivity index (χ3v) is 6.37. The third kappa shape index (κ3) is 5.76. The second-order valence-corrected chi connectivity index (χ2v) is 9.23. The monoisotopic (exact) mass is 488 g/mol. The summed E-state index contributed by atoms with van der Waals surface area (Å²) in [6.45, 7) is 4.67. The molecule has 0 radical (unpaired) electrons. The number of esters is 1. The summed E-state index contributed by atoms with van der Waals surface area (Å²) in [5, 5.41) is 2.21. The summed E-state index contributed by atoms with van der Waals surface area (Å²) in [5.74, 6) is -3.62. The Morgan fingerprint density at radius 3 is 2.35 bits per heavy atom. The minimum absolute atomic E-state index is 0.0365. The Kier molecular flexibility index (Phi) is 7.31. The number of benzene rings is 3. The van der Waals surface area contributed by atoms with Crippen molar-refractivity contribution in [2.24, 2.45) is 0 Å². The number of nitrogens with one attached hydrogen (secondary N) is 2. The molecule has 3 aromatic rings. The van der Waals surface area contributed by atoms with E-state index in [1.165, 1.54) is 37.3 Å². The van der Waals surface area contributed by atoms with Gasteiger partial charge < -0.3 is 10.1 Å². The van der Waals surface area contributed by atoms with E-state index in [0.29, 0.717) is 11.6 Å². The van der Waals surface area contributed by atoms with Crippen molar-refractivity contribution >= 4 is 33.3 Å². The molecule has 0 saturated heterocycles. The molecule has 2 N–H and O–H groups in total. The van der Waals surface area contributed by atoms with Crippen LogP contribution in [0.4, 0.5) is 20.2 Å². The van der Waals surface area contributed by atoms with Crippen molar-refractivity contribution in [3.8, 4) is 0 Å². The van der Waals surface area contributed by atoms with Crippen molar-refractivity contribution in [3.05, 3.63) is 89.0 Å². The van der Waals surface area contributed by atoms with E-state index in [-0.39, 0.29) is 21.8 Å². The van der Waals surface area contributed by atoms with Crippen molar-refractivity contribution in [1.82, 2.24) is 0 Å². The molecule has 1 unspecified atom stereocenters. The van der Waals surface area contributed by atoms with Gasteiger partial charge in [0.25, 0.3) is 15.9 Å². The second-order valence-electron chi connectivity index (χ2n) is 7.58. The summed E-state index contributed by atoms with van der Waals surface area (Å²) in [4.78, 5) is 25.1. The number of halogens is 2. The van der Waals surface area contributed by atoms with E-state index < -0.39 is 39.6 Å². The van der Waals surface area contributed by atoms with Crippen molar-refractivity contribution in [2.75, 3.05) is 10.0 Å². The van der Waals surface area contributed by atoms with Crippen LogP contribution in [0.3, 0.4) is 0 Å². The fourth-order valence-electron chi connectivity index (χ4n) is 3.05. The lowest BCUT2D eigenvalue weighted by molar-refractivity contribution is -0.123. The number of amides is 1. The minimum atomic E-state index is -4.03. The van der Waals surface area contributed by atoms with Crippen molar-refractivity contribution in [1.29, 1.82) is 0 Å². The molecule has 0 aliphatic heterocycles. The molecule has 3 aromatic carbocycles. The number of hydrogen-bond acceptors (Lipinski definition) is 5. The largest absolute Gasteiger partial charge is 0.449 e. The number of hydrogen-bond donors (Lipinski definition) is 2. The molecule has 34 heavy (non-hydrogen) atoms. The summed E-state index contributed by atoms with van der Waals surface area (Å²) in [6, 6.07) is 13.3. The van der Waals surface area contributed by atoms with E-state index >= 15 is 0 Å². The van der Waals surface area contributed by atoms with E-state index in [1.54, 1.807) is 26.0 Å². The lowest BCUT2D eigenvalue weighted by Gasteiger charge is -2.16. The summed E-state index contributed by atoms with van der Waals surface area (Å²) in [7, 11) is -4.03. The number of rotatable bonds is 7.